The molecule has 4 nitrogen and oxygen atoms in total. The van der Waals surface area contributed by atoms with Gasteiger partial charge >= 0.3 is 0 Å². The zero-order chi connectivity index (χ0) is 13.4. The minimum Gasteiger partial charge on any atom is -0.383 e. The van der Waals surface area contributed by atoms with Gasteiger partial charge in [0.15, 0.2) is 0 Å². The highest BCUT2D eigenvalue weighted by atomic mass is 32.1. The molecule has 0 saturated heterocycles. The molecule has 18 heavy (non-hydrogen) atoms. The fourth-order valence-electron chi connectivity index (χ4n) is 1.79. The average Bonchev–Trinajstić information content (AvgIpc) is 2.81. The molecule has 0 fully saturated rings. The zero-order valence-electron chi connectivity index (χ0n) is 11.7. The number of methoxy groups -OCH3 is 1. The molecule has 0 bridgehead atoms. The van der Waals surface area contributed by atoms with Gasteiger partial charge in [-0.25, -0.2) is 4.98 Å². The smallest absolute Gasteiger partial charge is 0.0941 e. The molecule has 2 N–H and O–H groups in total. The van der Waals surface area contributed by atoms with Crippen LogP contribution < -0.4 is 5.73 Å². The van der Waals surface area contributed by atoms with E-state index < -0.39 is 0 Å². The zero-order valence-corrected chi connectivity index (χ0v) is 12.5. The summed E-state index contributed by atoms with van der Waals surface area (Å²) >= 11 is 1.71. The number of thiazole rings is 1. The molecule has 1 aromatic rings. The number of rotatable bonds is 9. The molecule has 0 aromatic carbocycles. The van der Waals surface area contributed by atoms with Crippen LogP contribution >= 0.6 is 11.3 Å². The van der Waals surface area contributed by atoms with Crippen LogP contribution in [0.3, 0.4) is 0 Å². The summed E-state index contributed by atoms with van der Waals surface area (Å²) < 4.78 is 5.17. The molecule has 1 unspecified atom stereocenters. The molecule has 5 heteroatoms. The maximum absolute atomic E-state index is 5.55. The van der Waals surface area contributed by atoms with Crippen molar-refractivity contribution in [2.45, 2.75) is 39.3 Å². The molecule has 1 atom stereocenters. The monoisotopic (exact) mass is 271 g/mol. The van der Waals surface area contributed by atoms with Gasteiger partial charge in [-0.2, -0.15) is 0 Å². The standard InChI is InChI=1S/C13H25N3OS/c1-4-11(2)16(7-8-17-3)9-12-10-18-13(15-12)5-6-14/h10-11H,4-9,14H2,1-3H3. The third-order valence-corrected chi connectivity index (χ3v) is 4.08. The van der Waals surface area contributed by atoms with Crippen molar-refractivity contribution in [2.24, 2.45) is 5.73 Å². The van der Waals surface area contributed by atoms with Crippen LogP contribution in [0.2, 0.25) is 0 Å². The molecule has 0 spiro atoms. The van der Waals surface area contributed by atoms with Gasteiger partial charge in [-0.1, -0.05) is 6.92 Å². The third-order valence-electron chi connectivity index (χ3n) is 3.12. The lowest BCUT2D eigenvalue weighted by Crippen LogP contribution is -2.35. The topological polar surface area (TPSA) is 51.4 Å². The summed E-state index contributed by atoms with van der Waals surface area (Å²) in [6, 6.07) is 0.555. The summed E-state index contributed by atoms with van der Waals surface area (Å²) in [5.74, 6) is 0. The van der Waals surface area contributed by atoms with E-state index in [9.17, 15) is 0 Å². The number of hydrogen-bond donors (Lipinski definition) is 1. The predicted octanol–water partition coefficient (Wildman–Crippen LogP) is 1.89. The molecule has 104 valence electrons. The van der Waals surface area contributed by atoms with Gasteiger partial charge in [-0.3, -0.25) is 4.90 Å². The first-order valence-corrected chi connectivity index (χ1v) is 7.45. The first-order chi connectivity index (χ1) is 8.71. The second-order valence-corrected chi connectivity index (χ2v) is 5.43. The first-order valence-electron chi connectivity index (χ1n) is 6.57. The number of aromatic nitrogens is 1. The summed E-state index contributed by atoms with van der Waals surface area (Å²) in [6.07, 6.45) is 2.02. The van der Waals surface area contributed by atoms with Gasteiger partial charge in [0.25, 0.3) is 0 Å². The Bertz CT molecular complexity index is 330. The Hall–Kier alpha value is -0.490. The largest absolute Gasteiger partial charge is 0.383 e. The molecular formula is C13H25N3OS. The maximum Gasteiger partial charge on any atom is 0.0941 e. The van der Waals surface area contributed by atoms with Crippen molar-refractivity contribution in [3.8, 4) is 0 Å². The minimum absolute atomic E-state index is 0.555. The van der Waals surface area contributed by atoms with E-state index >= 15 is 0 Å². The highest BCUT2D eigenvalue weighted by Crippen LogP contribution is 2.14. The Kier molecular flexibility index (Phi) is 7.42. The first kappa shape index (κ1) is 15.6. The van der Waals surface area contributed by atoms with E-state index in [1.54, 1.807) is 18.4 Å². The van der Waals surface area contributed by atoms with Gasteiger partial charge in [0.05, 0.1) is 17.3 Å². The van der Waals surface area contributed by atoms with Crippen molar-refractivity contribution < 1.29 is 4.74 Å². The van der Waals surface area contributed by atoms with Crippen LogP contribution in [0.15, 0.2) is 5.38 Å². The molecule has 0 aliphatic rings. The molecule has 0 amide bonds. The van der Waals surface area contributed by atoms with E-state index in [0.29, 0.717) is 12.6 Å². The normalized spacial score (nSPS) is 13.2. The van der Waals surface area contributed by atoms with Gasteiger partial charge < -0.3 is 10.5 Å². The SMILES string of the molecule is CCC(C)N(CCOC)Cc1csc(CCN)n1. The fraction of sp³-hybridized carbons (Fsp3) is 0.769. The molecule has 0 saturated carbocycles. The van der Waals surface area contributed by atoms with Gasteiger partial charge in [0.2, 0.25) is 0 Å². The van der Waals surface area contributed by atoms with Crippen molar-refractivity contribution in [3.05, 3.63) is 16.1 Å². The molecule has 1 rings (SSSR count). The minimum atomic E-state index is 0.555. The lowest BCUT2D eigenvalue weighted by atomic mass is 10.2. The van der Waals surface area contributed by atoms with Crippen LogP contribution in [0.4, 0.5) is 0 Å². The Morgan fingerprint density at radius 3 is 2.94 bits per heavy atom. The van der Waals surface area contributed by atoms with Crippen LogP contribution in [-0.2, 0) is 17.7 Å². The average molecular weight is 271 g/mol. The molecular weight excluding hydrogens is 246 g/mol. The molecule has 1 aromatic heterocycles. The predicted molar refractivity (Wildman–Crippen MR) is 76.9 cm³/mol. The molecule has 0 aliphatic carbocycles. The van der Waals surface area contributed by atoms with E-state index in [2.05, 4.69) is 29.1 Å². The van der Waals surface area contributed by atoms with E-state index in [-0.39, 0.29) is 0 Å². The summed E-state index contributed by atoms with van der Waals surface area (Å²) in [4.78, 5) is 7.04. The summed E-state index contributed by atoms with van der Waals surface area (Å²) in [6.45, 7) is 7.76. The Labute approximate surface area is 114 Å². The fourth-order valence-corrected chi connectivity index (χ4v) is 2.59. The summed E-state index contributed by atoms with van der Waals surface area (Å²) in [5.41, 5.74) is 6.70. The van der Waals surface area contributed by atoms with Crippen molar-refractivity contribution in [1.82, 2.24) is 9.88 Å². The highest BCUT2D eigenvalue weighted by Gasteiger charge is 2.14. The summed E-state index contributed by atoms with van der Waals surface area (Å²) in [5, 5.41) is 3.29. The van der Waals surface area contributed by atoms with Crippen LogP contribution in [0.5, 0.6) is 0 Å². The second-order valence-electron chi connectivity index (χ2n) is 4.49. The van der Waals surface area contributed by atoms with Gasteiger partial charge in [0.1, 0.15) is 0 Å². The summed E-state index contributed by atoms with van der Waals surface area (Å²) in [7, 11) is 1.75. The lowest BCUT2D eigenvalue weighted by molar-refractivity contribution is 0.117. The third kappa shape index (κ3) is 5.02. The van der Waals surface area contributed by atoms with E-state index in [1.807, 2.05) is 0 Å². The van der Waals surface area contributed by atoms with Gasteiger partial charge in [-0.15, -0.1) is 11.3 Å². The van der Waals surface area contributed by atoms with E-state index in [1.165, 1.54) is 0 Å². The highest BCUT2D eigenvalue weighted by molar-refractivity contribution is 7.09. The van der Waals surface area contributed by atoms with Crippen LogP contribution in [0.1, 0.15) is 31.0 Å². The quantitative estimate of drug-likeness (QED) is 0.745. The number of nitrogens with zero attached hydrogens (tertiary/aromatic N) is 2. The molecule has 0 aliphatic heterocycles. The number of nitrogens with two attached hydrogens (primary N) is 1. The lowest BCUT2D eigenvalue weighted by Gasteiger charge is -2.27. The van der Waals surface area contributed by atoms with Crippen molar-refractivity contribution >= 4 is 11.3 Å². The van der Waals surface area contributed by atoms with Crippen LogP contribution in [0.25, 0.3) is 0 Å². The van der Waals surface area contributed by atoms with Crippen molar-refractivity contribution in [3.63, 3.8) is 0 Å². The van der Waals surface area contributed by atoms with Crippen LogP contribution in [0, 0.1) is 0 Å². The molecule has 0 radical (unpaired) electrons. The molecule has 1 heterocycles. The number of hydrogen-bond acceptors (Lipinski definition) is 5. The van der Waals surface area contributed by atoms with E-state index in [0.717, 1.165) is 43.2 Å². The Balaban J connectivity index is 2.57. The van der Waals surface area contributed by atoms with E-state index in [4.69, 9.17) is 10.5 Å². The Morgan fingerprint density at radius 2 is 2.33 bits per heavy atom. The second kappa shape index (κ2) is 8.58. The van der Waals surface area contributed by atoms with Crippen molar-refractivity contribution in [2.75, 3.05) is 26.8 Å². The van der Waals surface area contributed by atoms with Gasteiger partial charge in [-0.05, 0) is 19.9 Å². The van der Waals surface area contributed by atoms with Crippen LogP contribution in [-0.4, -0.2) is 42.7 Å². The number of ether oxygens (including phenoxy) is 1. The Morgan fingerprint density at radius 1 is 1.56 bits per heavy atom. The van der Waals surface area contributed by atoms with Gasteiger partial charge in [0, 0.05) is 38.0 Å². The van der Waals surface area contributed by atoms with Crippen molar-refractivity contribution in [1.29, 1.82) is 0 Å². The maximum atomic E-state index is 5.55.